The van der Waals surface area contributed by atoms with Crippen molar-refractivity contribution in [3.05, 3.63) is 51.6 Å². The number of nitrogen functional groups attached to an aromatic ring is 1. The third kappa shape index (κ3) is 2.14. The highest BCUT2D eigenvalue weighted by Gasteiger charge is 2.21. The summed E-state index contributed by atoms with van der Waals surface area (Å²) in [6, 6.07) is 2.90. The fourth-order valence-corrected chi connectivity index (χ4v) is 2.17. The number of anilines is 1. The molecule has 0 spiro atoms. The number of aromatic amines is 1. The second kappa shape index (κ2) is 4.53. The van der Waals surface area contributed by atoms with E-state index < -0.39 is 5.82 Å². The second-order valence-electron chi connectivity index (χ2n) is 4.90. The Labute approximate surface area is 111 Å². The number of hydrogen-bond acceptors (Lipinski definition) is 2. The fourth-order valence-electron chi connectivity index (χ4n) is 2.17. The summed E-state index contributed by atoms with van der Waals surface area (Å²) in [6.07, 6.45) is 0. The number of aromatic nitrogens is 1. The van der Waals surface area contributed by atoms with E-state index in [4.69, 9.17) is 5.73 Å². The van der Waals surface area contributed by atoms with Crippen LogP contribution < -0.4 is 5.73 Å². The lowest BCUT2D eigenvalue weighted by Crippen LogP contribution is -2.08. The van der Waals surface area contributed by atoms with Crippen LogP contribution in [0.15, 0.2) is 12.1 Å². The largest absolute Gasteiger partial charge is 0.399 e. The molecule has 19 heavy (non-hydrogen) atoms. The van der Waals surface area contributed by atoms with E-state index in [0.29, 0.717) is 16.9 Å². The van der Waals surface area contributed by atoms with Crippen molar-refractivity contribution in [1.82, 2.24) is 4.98 Å². The van der Waals surface area contributed by atoms with Gasteiger partial charge in [0.25, 0.3) is 0 Å². The van der Waals surface area contributed by atoms with Crippen LogP contribution in [0.25, 0.3) is 0 Å². The van der Waals surface area contributed by atoms with E-state index in [1.54, 1.807) is 6.92 Å². The maximum absolute atomic E-state index is 14.1. The van der Waals surface area contributed by atoms with Crippen molar-refractivity contribution in [2.45, 2.75) is 27.7 Å². The molecule has 0 bridgehead atoms. The van der Waals surface area contributed by atoms with Gasteiger partial charge in [0, 0.05) is 11.4 Å². The number of hydrogen-bond donors (Lipinski definition) is 2. The van der Waals surface area contributed by atoms with Crippen LogP contribution in [-0.4, -0.2) is 10.8 Å². The Hall–Kier alpha value is -2.10. The molecule has 3 nitrogen and oxygen atoms in total. The van der Waals surface area contributed by atoms with Gasteiger partial charge in [-0.3, -0.25) is 4.79 Å². The van der Waals surface area contributed by atoms with Gasteiger partial charge in [0.15, 0.2) is 0 Å². The van der Waals surface area contributed by atoms with Crippen LogP contribution in [0.1, 0.15) is 38.4 Å². The molecule has 1 aromatic heterocycles. The van der Waals surface area contributed by atoms with Gasteiger partial charge in [-0.25, -0.2) is 4.39 Å². The number of nitrogens with two attached hydrogens (primary N) is 1. The van der Waals surface area contributed by atoms with E-state index >= 15 is 0 Å². The number of ketones is 1. The summed E-state index contributed by atoms with van der Waals surface area (Å²) >= 11 is 0. The maximum atomic E-state index is 14.1. The van der Waals surface area contributed by atoms with Crippen molar-refractivity contribution in [3.8, 4) is 0 Å². The highest BCUT2D eigenvalue weighted by atomic mass is 19.1. The Kier molecular flexibility index (Phi) is 3.18. The molecular weight excluding hydrogens is 243 g/mol. The summed E-state index contributed by atoms with van der Waals surface area (Å²) in [5, 5.41) is 0. The van der Waals surface area contributed by atoms with Crippen LogP contribution in [0.2, 0.25) is 0 Å². The molecule has 0 unspecified atom stereocenters. The normalized spacial score (nSPS) is 10.8. The average molecular weight is 260 g/mol. The van der Waals surface area contributed by atoms with Gasteiger partial charge in [-0.05, 0) is 56.5 Å². The lowest BCUT2D eigenvalue weighted by molar-refractivity contribution is 0.103. The summed E-state index contributed by atoms with van der Waals surface area (Å²) in [6.45, 7) is 7.27. The minimum Gasteiger partial charge on any atom is -0.399 e. The second-order valence-corrected chi connectivity index (χ2v) is 4.90. The molecule has 3 N–H and O–H groups in total. The number of carbonyl (C=O) groups is 1. The van der Waals surface area contributed by atoms with Gasteiger partial charge in [0.05, 0.1) is 11.3 Å². The van der Waals surface area contributed by atoms with Crippen LogP contribution in [0, 0.1) is 33.5 Å². The highest BCUT2D eigenvalue weighted by molar-refractivity contribution is 6.09. The average Bonchev–Trinajstić information content (AvgIpc) is 2.61. The lowest BCUT2D eigenvalue weighted by Gasteiger charge is -2.06. The summed E-state index contributed by atoms with van der Waals surface area (Å²) in [4.78, 5) is 15.5. The number of benzene rings is 1. The Morgan fingerprint density at radius 2 is 1.79 bits per heavy atom. The maximum Gasteiger partial charge on any atom is 0.212 e. The first kappa shape index (κ1) is 13.3. The standard InChI is InChI=1S/C15H17FN2O/c1-7-5-11(17)6-12(13(7)16)15(19)14-9(3)8(2)10(4)18-14/h5-6,18H,17H2,1-4H3. The molecule has 0 amide bonds. The van der Waals surface area contributed by atoms with Crippen molar-refractivity contribution in [1.29, 1.82) is 0 Å². The molecule has 0 radical (unpaired) electrons. The molecule has 1 heterocycles. The van der Waals surface area contributed by atoms with E-state index in [2.05, 4.69) is 4.98 Å². The molecule has 0 aliphatic heterocycles. The zero-order valence-corrected chi connectivity index (χ0v) is 11.5. The van der Waals surface area contributed by atoms with Gasteiger partial charge in [0.2, 0.25) is 5.78 Å². The number of H-pyrrole nitrogens is 1. The highest BCUT2D eigenvalue weighted by Crippen LogP contribution is 2.23. The number of halogens is 1. The summed E-state index contributed by atoms with van der Waals surface area (Å²) in [7, 11) is 0. The zero-order valence-electron chi connectivity index (χ0n) is 11.5. The van der Waals surface area contributed by atoms with E-state index in [9.17, 15) is 9.18 Å². The fraction of sp³-hybridized carbons (Fsp3) is 0.267. The molecule has 0 saturated carbocycles. The summed E-state index contributed by atoms with van der Waals surface area (Å²) in [5.74, 6) is -0.870. The molecule has 2 aromatic rings. The molecule has 0 saturated heterocycles. The molecule has 0 aliphatic rings. The summed E-state index contributed by atoms with van der Waals surface area (Å²) in [5.41, 5.74) is 9.68. The molecule has 1 aromatic carbocycles. The van der Waals surface area contributed by atoms with Gasteiger partial charge in [-0.15, -0.1) is 0 Å². The first-order chi connectivity index (χ1) is 8.82. The number of nitrogens with one attached hydrogen (secondary N) is 1. The van der Waals surface area contributed by atoms with Gasteiger partial charge in [-0.1, -0.05) is 0 Å². The number of carbonyl (C=O) groups excluding carboxylic acids is 1. The van der Waals surface area contributed by atoms with Gasteiger partial charge in [-0.2, -0.15) is 0 Å². The van der Waals surface area contributed by atoms with Gasteiger partial charge < -0.3 is 10.7 Å². The molecule has 0 fully saturated rings. The van der Waals surface area contributed by atoms with Crippen LogP contribution in [0.5, 0.6) is 0 Å². The van der Waals surface area contributed by atoms with E-state index in [1.165, 1.54) is 12.1 Å². The van der Waals surface area contributed by atoms with Crippen molar-refractivity contribution in [2.24, 2.45) is 0 Å². The SMILES string of the molecule is Cc1cc(N)cc(C(=O)c2[nH]c(C)c(C)c2C)c1F. The Morgan fingerprint density at radius 3 is 2.32 bits per heavy atom. The third-order valence-electron chi connectivity index (χ3n) is 3.56. The predicted molar refractivity (Wildman–Crippen MR) is 74.0 cm³/mol. The zero-order chi connectivity index (χ0) is 14.3. The predicted octanol–water partition coefficient (Wildman–Crippen LogP) is 3.20. The van der Waals surface area contributed by atoms with E-state index in [-0.39, 0.29) is 11.3 Å². The Bertz CT molecular complexity index is 671. The first-order valence-corrected chi connectivity index (χ1v) is 6.09. The van der Waals surface area contributed by atoms with E-state index in [1.807, 2.05) is 20.8 Å². The van der Waals surface area contributed by atoms with Crippen LogP contribution in [-0.2, 0) is 0 Å². The number of rotatable bonds is 2. The van der Waals surface area contributed by atoms with Gasteiger partial charge >= 0.3 is 0 Å². The van der Waals surface area contributed by atoms with Gasteiger partial charge in [0.1, 0.15) is 5.82 Å². The Balaban J connectivity index is 2.59. The Morgan fingerprint density at radius 1 is 1.16 bits per heavy atom. The summed E-state index contributed by atoms with van der Waals surface area (Å²) < 4.78 is 14.1. The minimum atomic E-state index is -0.511. The van der Waals surface area contributed by atoms with Crippen molar-refractivity contribution >= 4 is 11.5 Å². The monoisotopic (exact) mass is 260 g/mol. The third-order valence-corrected chi connectivity index (χ3v) is 3.56. The quantitative estimate of drug-likeness (QED) is 0.643. The topological polar surface area (TPSA) is 58.9 Å². The van der Waals surface area contributed by atoms with Crippen LogP contribution in [0.3, 0.4) is 0 Å². The van der Waals surface area contributed by atoms with Crippen LogP contribution in [0.4, 0.5) is 10.1 Å². The van der Waals surface area contributed by atoms with Crippen molar-refractivity contribution in [2.75, 3.05) is 5.73 Å². The molecule has 100 valence electrons. The minimum absolute atomic E-state index is 0.0156. The lowest BCUT2D eigenvalue weighted by atomic mass is 10.0. The molecular formula is C15H17FN2O. The molecule has 2 rings (SSSR count). The van der Waals surface area contributed by atoms with Crippen molar-refractivity contribution < 1.29 is 9.18 Å². The number of aryl methyl sites for hydroxylation is 2. The smallest absolute Gasteiger partial charge is 0.212 e. The van der Waals surface area contributed by atoms with Crippen LogP contribution >= 0.6 is 0 Å². The first-order valence-electron chi connectivity index (χ1n) is 6.09. The van der Waals surface area contributed by atoms with Crippen molar-refractivity contribution in [3.63, 3.8) is 0 Å². The molecule has 0 aliphatic carbocycles. The molecule has 4 heteroatoms. The molecule has 0 atom stereocenters. The van der Waals surface area contributed by atoms with E-state index in [0.717, 1.165) is 16.8 Å².